The normalized spacial score (nSPS) is 17.0. The average molecular weight is 340 g/mol. The van der Waals surface area contributed by atoms with Crippen molar-refractivity contribution in [2.24, 2.45) is 0 Å². The molecule has 1 aliphatic rings. The zero-order valence-corrected chi connectivity index (χ0v) is 15.3. The summed E-state index contributed by atoms with van der Waals surface area (Å²) in [5.74, 6) is -0.0956. The van der Waals surface area contributed by atoms with Crippen LogP contribution in [0.2, 0.25) is 0 Å². The summed E-state index contributed by atoms with van der Waals surface area (Å²) in [6.45, 7) is 8.25. The lowest BCUT2D eigenvalue weighted by atomic mass is 9.87. The van der Waals surface area contributed by atoms with Crippen molar-refractivity contribution in [3.05, 3.63) is 71.3 Å². The lowest BCUT2D eigenvalue weighted by Gasteiger charge is -2.42. The number of hydrogen-bond acceptors (Lipinski definition) is 1. The number of carbonyl (C=O) groups is 1. The molecule has 0 saturated heterocycles. The molecule has 1 amide bonds. The molecule has 0 aliphatic carbocycles. The van der Waals surface area contributed by atoms with Gasteiger partial charge >= 0.3 is 0 Å². The zero-order valence-electron chi connectivity index (χ0n) is 14.5. The fraction of sp³-hybridized carbons (Fsp3) is 0.286. The van der Waals surface area contributed by atoms with Crippen molar-refractivity contribution in [3.63, 3.8) is 0 Å². The molecule has 24 heavy (non-hydrogen) atoms. The number of benzene rings is 2. The van der Waals surface area contributed by atoms with Crippen molar-refractivity contribution in [2.45, 2.75) is 38.6 Å². The van der Waals surface area contributed by atoms with Crippen LogP contribution in [-0.4, -0.2) is 11.4 Å². The van der Waals surface area contributed by atoms with E-state index < -0.39 is 10.9 Å². The lowest BCUT2D eigenvalue weighted by Crippen LogP contribution is -2.50. The number of alkyl halides is 1. The van der Waals surface area contributed by atoms with E-state index in [4.69, 9.17) is 11.6 Å². The number of nitrogens with zero attached hydrogens (tertiary/aromatic N) is 1. The van der Waals surface area contributed by atoms with E-state index in [1.165, 1.54) is 11.1 Å². The smallest absolute Gasteiger partial charge is 0.250 e. The number of amides is 1. The van der Waals surface area contributed by atoms with Gasteiger partial charge in [0.15, 0.2) is 0 Å². The standard InChI is InChI=1S/C21H22ClNO/c1-14-10-11-18-17(12-14)15(2)13-21(3,4)23(18)20(24)19(22)16-8-6-5-7-9-16/h5-13,19H,1-4H3/t19-/m1/s1. The van der Waals surface area contributed by atoms with Crippen LogP contribution in [0.3, 0.4) is 0 Å². The van der Waals surface area contributed by atoms with Crippen molar-refractivity contribution in [2.75, 3.05) is 4.90 Å². The molecule has 0 spiro atoms. The predicted octanol–water partition coefficient (Wildman–Crippen LogP) is 5.50. The maximum atomic E-state index is 13.2. The highest BCUT2D eigenvalue weighted by Crippen LogP contribution is 2.41. The summed E-state index contributed by atoms with van der Waals surface area (Å²) in [5.41, 5.74) is 4.79. The minimum absolute atomic E-state index is 0.0956. The molecule has 0 saturated carbocycles. The number of carbonyl (C=O) groups excluding carboxylic acids is 1. The third-order valence-electron chi connectivity index (χ3n) is 4.49. The van der Waals surface area contributed by atoms with Gasteiger partial charge in [0.05, 0.1) is 11.2 Å². The third-order valence-corrected chi connectivity index (χ3v) is 4.93. The minimum atomic E-state index is -0.702. The summed E-state index contributed by atoms with van der Waals surface area (Å²) < 4.78 is 0. The van der Waals surface area contributed by atoms with Gasteiger partial charge in [0.2, 0.25) is 5.91 Å². The second-order valence-corrected chi connectivity index (χ2v) is 7.38. The van der Waals surface area contributed by atoms with Crippen molar-refractivity contribution in [1.82, 2.24) is 0 Å². The largest absolute Gasteiger partial charge is 0.301 e. The Morgan fingerprint density at radius 2 is 1.75 bits per heavy atom. The molecular weight excluding hydrogens is 318 g/mol. The quantitative estimate of drug-likeness (QED) is 0.661. The van der Waals surface area contributed by atoms with Crippen LogP contribution in [0.4, 0.5) is 5.69 Å². The molecule has 1 aliphatic heterocycles. The second-order valence-electron chi connectivity index (χ2n) is 6.95. The van der Waals surface area contributed by atoms with E-state index in [-0.39, 0.29) is 5.91 Å². The first-order valence-electron chi connectivity index (χ1n) is 8.15. The summed E-state index contributed by atoms with van der Waals surface area (Å²) in [5, 5.41) is -0.702. The van der Waals surface area contributed by atoms with Crippen LogP contribution < -0.4 is 4.90 Å². The van der Waals surface area contributed by atoms with Gasteiger partial charge in [-0.3, -0.25) is 4.79 Å². The highest BCUT2D eigenvalue weighted by atomic mass is 35.5. The fourth-order valence-corrected chi connectivity index (χ4v) is 3.67. The molecule has 2 nitrogen and oxygen atoms in total. The van der Waals surface area contributed by atoms with E-state index in [1.807, 2.05) is 61.2 Å². The molecule has 0 N–H and O–H groups in total. The summed E-state index contributed by atoms with van der Waals surface area (Å²) in [4.78, 5) is 15.1. The van der Waals surface area contributed by atoms with E-state index in [9.17, 15) is 4.79 Å². The van der Waals surface area contributed by atoms with E-state index >= 15 is 0 Å². The van der Waals surface area contributed by atoms with Gasteiger partial charge in [-0.05, 0) is 51.0 Å². The Labute approximate surface area is 148 Å². The van der Waals surface area contributed by atoms with Gasteiger partial charge in [0, 0.05) is 5.56 Å². The van der Waals surface area contributed by atoms with Gasteiger partial charge in [-0.25, -0.2) is 0 Å². The number of aryl methyl sites for hydroxylation is 1. The van der Waals surface area contributed by atoms with E-state index in [1.54, 1.807) is 0 Å². The first-order chi connectivity index (χ1) is 11.3. The number of rotatable bonds is 2. The van der Waals surface area contributed by atoms with Crippen LogP contribution in [-0.2, 0) is 4.79 Å². The molecule has 0 aromatic heterocycles. The fourth-order valence-electron chi connectivity index (χ4n) is 3.42. The van der Waals surface area contributed by atoms with Crippen LogP contribution in [0.15, 0.2) is 54.6 Å². The SMILES string of the molecule is CC1=CC(C)(C)N(C(=O)[C@H](Cl)c2ccccc2)c2ccc(C)cc21. The van der Waals surface area contributed by atoms with Gasteiger partial charge in [-0.2, -0.15) is 0 Å². The number of halogens is 1. The van der Waals surface area contributed by atoms with Crippen molar-refractivity contribution in [3.8, 4) is 0 Å². The molecule has 124 valence electrons. The van der Waals surface area contributed by atoms with Crippen molar-refractivity contribution >= 4 is 28.8 Å². The highest BCUT2D eigenvalue weighted by molar-refractivity contribution is 6.33. The van der Waals surface area contributed by atoms with Crippen LogP contribution >= 0.6 is 11.6 Å². The number of anilines is 1. The third kappa shape index (κ3) is 2.87. The topological polar surface area (TPSA) is 20.3 Å². The summed E-state index contributed by atoms with van der Waals surface area (Å²) >= 11 is 6.54. The van der Waals surface area contributed by atoms with Gasteiger partial charge in [-0.1, -0.05) is 48.0 Å². The molecular formula is C21H22ClNO. The van der Waals surface area contributed by atoms with Crippen molar-refractivity contribution < 1.29 is 4.79 Å². The van der Waals surface area contributed by atoms with E-state index in [2.05, 4.69) is 26.0 Å². The second kappa shape index (κ2) is 6.10. The minimum Gasteiger partial charge on any atom is -0.301 e. The van der Waals surface area contributed by atoms with Crippen LogP contribution in [0.1, 0.15) is 42.8 Å². The Hall–Kier alpha value is -2.06. The Balaban J connectivity index is 2.08. The predicted molar refractivity (Wildman–Crippen MR) is 101 cm³/mol. The van der Waals surface area contributed by atoms with Gasteiger partial charge in [0.1, 0.15) is 5.38 Å². The van der Waals surface area contributed by atoms with E-state index in [0.717, 1.165) is 16.8 Å². The van der Waals surface area contributed by atoms with Crippen molar-refractivity contribution in [1.29, 1.82) is 0 Å². The highest BCUT2D eigenvalue weighted by Gasteiger charge is 2.38. The Morgan fingerprint density at radius 1 is 1.08 bits per heavy atom. The Bertz CT molecular complexity index is 808. The zero-order chi connectivity index (χ0) is 17.5. The molecule has 3 heteroatoms. The monoisotopic (exact) mass is 339 g/mol. The molecule has 3 rings (SSSR count). The molecule has 1 atom stereocenters. The van der Waals surface area contributed by atoms with Crippen LogP contribution in [0.25, 0.3) is 5.57 Å². The summed E-state index contributed by atoms with van der Waals surface area (Å²) in [7, 11) is 0. The molecule has 1 heterocycles. The molecule has 0 radical (unpaired) electrons. The first kappa shape index (κ1) is 16.8. The van der Waals surface area contributed by atoms with Gasteiger partial charge in [0.25, 0.3) is 0 Å². The van der Waals surface area contributed by atoms with Crippen LogP contribution in [0.5, 0.6) is 0 Å². The molecule has 0 unspecified atom stereocenters. The molecule has 2 aromatic rings. The lowest BCUT2D eigenvalue weighted by molar-refractivity contribution is -0.119. The molecule has 0 bridgehead atoms. The average Bonchev–Trinajstić information content (AvgIpc) is 2.54. The van der Waals surface area contributed by atoms with Gasteiger partial charge < -0.3 is 4.90 Å². The Kier molecular flexibility index (Phi) is 4.27. The van der Waals surface area contributed by atoms with Crippen LogP contribution in [0, 0.1) is 6.92 Å². The Morgan fingerprint density at radius 3 is 2.42 bits per heavy atom. The summed E-state index contributed by atoms with van der Waals surface area (Å²) in [6, 6.07) is 15.7. The number of fused-ring (bicyclic) bond motifs is 1. The number of allylic oxidation sites excluding steroid dienone is 1. The molecule has 2 aromatic carbocycles. The van der Waals surface area contributed by atoms with E-state index in [0.29, 0.717) is 0 Å². The summed E-state index contributed by atoms with van der Waals surface area (Å²) in [6.07, 6.45) is 2.14. The first-order valence-corrected chi connectivity index (χ1v) is 8.58. The molecule has 0 fully saturated rings. The number of hydrogen-bond donors (Lipinski definition) is 0. The van der Waals surface area contributed by atoms with Gasteiger partial charge in [-0.15, -0.1) is 11.6 Å². The maximum absolute atomic E-state index is 13.2. The maximum Gasteiger partial charge on any atom is 0.250 e.